The first-order valence-electron chi connectivity index (χ1n) is 5.06. The highest BCUT2D eigenvalue weighted by Gasteiger charge is 2.35. The van der Waals surface area contributed by atoms with Crippen molar-refractivity contribution in [1.82, 2.24) is 0 Å². The van der Waals surface area contributed by atoms with Crippen molar-refractivity contribution in [3.63, 3.8) is 0 Å². The van der Waals surface area contributed by atoms with Crippen molar-refractivity contribution in [2.24, 2.45) is 5.92 Å². The summed E-state index contributed by atoms with van der Waals surface area (Å²) < 4.78 is 29.5. The predicted molar refractivity (Wildman–Crippen MR) is 56.1 cm³/mol. The van der Waals surface area contributed by atoms with Gasteiger partial charge in [-0.1, -0.05) is 35.7 Å². The van der Waals surface area contributed by atoms with Crippen LogP contribution in [0.2, 0.25) is 0 Å². The zero-order valence-corrected chi connectivity index (χ0v) is 10.0. The second-order valence-corrected chi connectivity index (χ2v) is 4.78. The van der Waals surface area contributed by atoms with Crippen LogP contribution in [0.5, 0.6) is 0 Å². The van der Waals surface area contributed by atoms with Crippen LogP contribution in [0.15, 0.2) is 0 Å². The third kappa shape index (κ3) is 3.46. The highest BCUT2D eigenvalue weighted by atomic mass is 79.9. The molecule has 0 aromatic rings. The molecule has 0 radical (unpaired) electrons. The highest BCUT2D eigenvalue weighted by molar-refractivity contribution is 9.09. The molecule has 0 bridgehead atoms. The molecule has 1 fully saturated rings. The van der Waals surface area contributed by atoms with E-state index in [0.717, 1.165) is 19.3 Å². The second-order valence-electron chi connectivity index (χ2n) is 4.22. The van der Waals surface area contributed by atoms with Crippen LogP contribution in [-0.4, -0.2) is 24.0 Å². The maximum Gasteiger partial charge on any atom is 0.261 e. The average molecular weight is 271 g/mol. The Labute approximate surface area is 92.3 Å². The van der Waals surface area contributed by atoms with E-state index in [4.69, 9.17) is 4.74 Å². The Hall–Kier alpha value is 0.300. The minimum Gasteiger partial charge on any atom is -0.368 e. The molecule has 1 saturated carbocycles. The van der Waals surface area contributed by atoms with Crippen LogP contribution < -0.4 is 0 Å². The summed E-state index contributed by atoms with van der Waals surface area (Å²) in [6.45, 7) is 1.72. The van der Waals surface area contributed by atoms with Gasteiger partial charge in [-0.15, -0.1) is 0 Å². The molecular formula is C10H17BrF2O. The van der Waals surface area contributed by atoms with Gasteiger partial charge in [0.25, 0.3) is 6.43 Å². The summed E-state index contributed by atoms with van der Waals surface area (Å²) in [6, 6.07) is 0. The Balaban J connectivity index is 2.47. The van der Waals surface area contributed by atoms with Crippen LogP contribution in [0.1, 0.15) is 32.6 Å². The first kappa shape index (κ1) is 12.4. The minimum atomic E-state index is -2.36. The van der Waals surface area contributed by atoms with E-state index in [2.05, 4.69) is 22.9 Å². The molecule has 1 rings (SSSR count). The van der Waals surface area contributed by atoms with Gasteiger partial charge in [-0.2, -0.15) is 0 Å². The van der Waals surface area contributed by atoms with Crippen LogP contribution in [0.4, 0.5) is 8.78 Å². The molecule has 1 nitrogen and oxygen atoms in total. The third-order valence-corrected chi connectivity index (χ3v) is 3.83. The largest absolute Gasteiger partial charge is 0.368 e. The fourth-order valence-electron chi connectivity index (χ4n) is 2.14. The van der Waals surface area contributed by atoms with Gasteiger partial charge in [-0.3, -0.25) is 0 Å². The number of halogens is 3. The van der Waals surface area contributed by atoms with Crippen molar-refractivity contribution < 1.29 is 13.5 Å². The van der Waals surface area contributed by atoms with Crippen LogP contribution in [-0.2, 0) is 4.74 Å². The molecule has 0 spiro atoms. The molecule has 0 saturated heterocycles. The summed E-state index contributed by atoms with van der Waals surface area (Å²) in [4.78, 5) is 0. The molecule has 2 atom stereocenters. The van der Waals surface area contributed by atoms with Gasteiger partial charge in [0.15, 0.2) is 0 Å². The van der Waals surface area contributed by atoms with Crippen molar-refractivity contribution in [2.45, 2.75) is 44.6 Å². The number of hydrogen-bond acceptors (Lipinski definition) is 1. The Morgan fingerprint density at radius 1 is 1.57 bits per heavy atom. The number of alkyl halides is 3. The van der Waals surface area contributed by atoms with Gasteiger partial charge in [0.2, 0.25) is 0 Å². The molecule has 2 unspecified atom stereocenters. The van der Waals surface area contributed by atoms with E-state index in [-0.39, 0.29) is 5.60 Å². The quantitative estimate of drug-likeness (QED) is 0.710. The molecule has 14 heavy (non-hydrogen) atoms. The average Bonchev–Trinajstić information content (AvgIpc) is 2.15. The van der Waals surface area contributed by atoms with Gasteiger partial charge in [-0.25, -0.2) is 8.78 Å². The van der Waals surface area contributed by atoms with E-state index in [1.54, 1.807) is 0 Å². The van der Waals surface area contributed by atoms with E-state index in [1.165, 1.54) is 6.42 Å². The summed E-state index contributed by atoms with van der Waals surface area (Å²) in [5, 5.41) is 0.664. The van der Waals surface area contributed by atoms with Gasteiger partial charge in [0, 0.05) is 5.33 Å². The molecule has 0 aromatic carbocycles. The van der Waals surface area contributed by atoms with Crippen LogP contribution in [0.3, 0.4) is 0 Å². The lowest BCUT2D eigenvalue weighted by molar-refractivity contribution is -0.100. The van der Waals surface area contributed by atoms with Gasteiger partial charge < -0.3 is 4.74 Å². The second kappa shape index (κ2) is 5.40. The van der Waals surface area contributed by atoms with E-state index >= 15 is 0 Å². The smallest absolute Gasteiger partial charge is 0.261 e. The molecule has 0 N–H and O–H groups in total. The Bertz CT molecular complexity index is 178. The first-order chi connectivity index (χ1) is 6.58. The number of rotatable bonds is 4. The van der Waals surface area contributed by atoms with Crippen LogP contribution in [0.25, 0.3) is 0 Å². The molecule has 0 aliphatic heterocycles. The summed E-state index contributed by atoms with van der Waals surface area (Å²) >= 11 is 3.38. The SMILES string of the molecule is CC1CCCC(CBr)(OCC(F)F)C1. The molecule has 1 aliphatic rings. The normalized spacial score (nSPS) is 33.6. The zero-order chi connectivity index (χ0) is 10.6. The van der Waals surface area contributed by atoms with E-state index < -0.39 is 13.0 Å². The summed E-state index contributed by atoms with van der Waals surface area (Å²) in [7, 11) is 0. The Morgan fingerprint density at radius 2 is 2.29 bits per heavy atom. The Morgan fingerprint density at radius 3 is 2.79 bits per heavy atom. The highest BCUT2D eigenvalue weighted by Crippen LogP contribution is 2.36. The summed E-state index contributed by atoms with van der Waals surface area (Å²) in [5.74, 6) is 0.582. The minimum absolute atomic E-state index is 0.339. The zero-order valence-electron chi connectivity index (χ0n) is 8.44. The summed E-state index contributed by atoms with van der Waals surface area (Å²) in [5.41, 5.74) is -0.339. The van der Waals surface area contributed by atoms with Crippen molar-refractivity contribution in [1.29, 1.82) is 0 Å². The molecule has 84 valence electrons. The van der Waals surface area contributed by atoms with Gasteiger partial charge in [0.05, 0.1) is 5.60 Å². The third-order valence-electron chi connectivity index (χ3n) is 2.81. The first-order valence-corrected chi connectivity index (χ1v) is 6.18. The van der Waals surface area contributed by atoms with Crippen LogP contribution in [0, 0.1) is 5.92 Å². The summed E-state index contributed by atoms with van der Waals surface area (Å²) in [6.07, 6.45) is 1.70. The molecule has 4 heteroatoms. The van der Waals surface area contributed by atoms with E-state index in [0.29, 0.717) is 11.2 Å². The monoisotopic (exact) mass is 270 g/mol. The molecular weight excluding hydrogens is 254 g/mol. The molecule has 0 amide bonds. The topological polar surface area (TPSA) is 9.23 Å². The maximum absolute atomic E-state index is 12.1. The van der Waals surface area contributed by atoms with Crippen molar-refractivity contribution in [3.05, 3.63) is 0 Å². The van der Waals surface area contributed by atoms with E-state index in [9.17, 15) is 8.78 Å². The van der Waals surface area contributed by atoms with Crippen molar-refractivity contribution in [2.75, 3.05) is 11.9 Å². The van der Waals surface area contributed by atoms with Crippen LogP contribution >= 0.6 is 15.9 Å². The lowest BCUT2D eigenvalue weighted by atomic mass is 9.80. The lowest BCUT2D eigenvalue weighted by Crippen LogP contribution is -2.40. The fourth-order valence-corrected chi connectivity index (χ4v) is 2.81. The maximum atomic E-state index is 12.1. The predicted octanol–water partition coefficient (Wildman–Crippen LogP) is 3.61. The van der Waals surface area contributed by atoms with E-state index in [1.807, 2.05) is 0 Å². The number of hydrogen-bond donors (Lipinski definition) is 0. The fraction of sp³-hybridized carbons (Fsp3) is 1.00. The standard InChI is InChI=1S/C10H17BrF2O/c1-8-3-2-4-10(5-8,7-11)14-6-9(12)13/h8-9H,2-7H2,1H3. The molecule has 0 heterocycles. The Kier molecular flexibility index (Phi) is 4.77. The molecule has 0 aromatic heterocycles. The molecule has 1 aliphatic carbocycles. The van der Waals surface area contributed by atoms with Gasteiger partial charge in [0.1, 0.15) is 6.61 Å². The van der Waals surface area contributed by atoms with Crippen molar-refractivity contribution in [3.8, 4) is 0 Å². The lowest BCUT2D eigenvalue weighted by Gasteiger charge is -2.38. The number of ether oxygens (including phenoxy) is 1. The van der Waals surface area contributed by atoms with Crippen molar-refractivity contribution >= 4 is 15.9 Å². The van der Waals surface area contributed by atoms with Gasteiger partial charge in [-0.05, 0) is 18.8 Å². The van der Waals surface area contributed by atoms with Gasteiger partial charge >= 0.3 is 0 Å².